The van der Waals surface area contributed by atoms with E-state index in [4.69, 9.17) is 0 Å². The highest BCUT2D eigenvalue weighted by atomic mass is 19.4. The van der Waals surface area contributed by atoms with Gasteiger partial charge in [-0.3, -0.25) is 4.90 Å². The Labute approximate surface area is 113 Å². The number of alkyl halides is 3. The summed E-state index contributed by atoms with van der Waals surface area (Å²) >= 11 is 0. The molecular weight excluding hydrogens is 253 g/mol. The SMILES string of the molecule is FC(F)(F)CCN1CCCCCC1C1CCNCC1. The zero-order chi connectivity index (χ0) is 13.7. The van der Waals surface area contributed by atoms with Crippen molar-refractivity contribution in [2.24, 2.45) is 5.92 Å². The summed E-state index contributed by atoms with van der Waals surface area (Å²) in [6.07, 6.45) is 2.04. The first-order chi connectivity index (χ1) is 9.06. The van der Waals surface area contributed by atoms with E-state index in [0.717, 1.165) is 45.3 Å². The van der Waals surface area contributed by atoms with E-state index in [1.54, 1.807) is 0 Å². The van der Waals surface area contributed by atoms with Gasteiger partial charge in [-0.2, -0.15) is 13.2 Å². The molecule has 1 atom stereocenters. The van der Waals surface area contributed by atoms with Gasteiger partial charge in [-0.1, -0.05) is 12.8 Å². The monoisotopic (exact) mass is 278 g/mol. The summed E-state index contributed by atoms with van der Waals surface area (Å²) in [7, 11) is 0. The maximum Gasteiger partial charge on any atom is 0.390 e. The highest BCUT2D eigenvalue weighted by Gasteiger charge is 2.33. The Kier molecular flexibility index (Phi) is 5.51. The Morgan fingerprint density at radius 3 is 2.42 bits per heavy atom. The van der Waals surface area contributed by atoms with Crippen molar-refractivity contribution in [3.05, 3.63) is 0 Å². The van der Waals surface area contributed by atoms with Gasteiger partial charge in [0.15, 0.2) is 0 Å². The number of nitrogens with one attached hydrogen (secondary N) is 1. The third-order valence-electron chi connectivity index (χ3n) is 4.52. The van der Waals surface area contributed by atoms with Crippen LogP contribution in [-0.2, 0) is 0 Å². The first-order valence-electron chi connectivity index (χ1n) is 7.58. The molecule has 2 aliphatic rings. The Morgan fingerprint density at radius 1 is 1.00 bits per heavy atom. The molecule has 19 heavy (non-hydrogen) atoms. The summed E-state index contributed by atoms with van der Waals surface area (Å²) < 4.78 is 37.3. The molecule has 0 saturated carbocycles. The topological polar surface area (TPSA) is 15.3 Å². The normalized spacial score (nSPS) is 28.3. The molecule has 112 valence electrons. The molecule has 2 nitrogen and oxygen atoms in total. The van der Waals surface area contributed by atoms with Crippen molar-refractivity contribution in [2.75, 3.05) is 26.2 Å². The summed E-state index contributed by atoms with van der Waals surface area (Å²) in [5.41, 5.74) is 0. The van der Waals surface area contributed by atoms with Crippen molar-refractivity contribution in [1.82, 2.24) is 10.2 Å². The first kappa shape index (κ1) is 15.1. The number of rotatable bonds is 3. The molecule has 2 aliphatic heterocycles. The molecular formula is C14H25F3N2. The van der Waals surface area contributed by atoms with Crippen molar-refractivity contribution in [1.29, 1.82) is 0 Å². The van der Waals surface area contributed by atoms with E-state index in [2.05, 4.69) is 10.2 Å². The predicted octanol–water partition coefficient (Wildman–Crippen LogP) is 3.18. The number of likely N-dealkylation sites (tertiary alicyclic amines) is 1. The average Bonchev–Trinajstić information content (AvgIpc) is 2.62. The van der Waals surface area contributed by atoms with Crippen molar-refractivity contribution >= 4 is 0 Å². The van der Waals surface area contributed by atoms with E-state index < -0.39 is 12.6 Å². The molecule has 0 aromatic carbocycles. The Bertz CT molecular complexity index is 262. The quantitative estimate of drug-likeness (QED) is 0.853. The second-order valence-electron chi connectivity index (χ2n) is 5.91. The van der Waals surface area contributed by atoms with Crippen molar-refractivity contribution in [2.45, 2.75) is 57.2 Å². The van der Waals surface area contributed by atoms with Crippen LogP contribution in [0.5, 0.6) is 0 Å². The van der Waals surface area contributed by atoms with Gasteiger partial charge in [0.25, 0.3) is 0 Å². The minimum atomic E-state index is -4.02. The van der Waals surface area contributed by atoms with Gasteiger partial charge >= 0.3 is 6.18 Å². The van der Waals surface area contributed by atoms with E-state index in [1.807, 2.05) is 0 Å². The third-order valence-corrected chi connectivity index (χ3v) is 4.52. The molecule has 1 unspecified atom stereocenters. The maximum atomic E-state index is 12.4. The van der Waals surface area contributed by atoms with Gasteiger partial charge in [-0.15, -0.1) is 0 Å². The van der Waals surface area contributed by atoms with Crippen LogP contribution in [0.25, 0.3) is 0 Å². The number of hydrogen-bond acceptors (Lipinski definition) is 2. The molecule has 0 bridgehead atoms. The van der Waals surface area contributed by atoms with Gasteiger partial charge in [-0.25, -0.2) is 0 Å². The first-order valence-corrected chi connectivity index (χ1v) is 7.58. The average molecular weight is 278 g/mol. The summed E-state index contributed by atoms with van der Waals surface area (Å²) in [6.45, 7) is 3.09. The number of piperidine rings is 1. The minimum absolute atomic E-state index is 0.193. The highest BCUT2D eigenvalue weighted by Crippen LogP contribution is 2.30. The molecule has 2 saturated heterocycles. The molecule has 0 aromatic heterocycles. The lowest BCUT2D eigenvalue weighted by atomic mass is 9.87. The fourth-order valence-corrected chi connectivity index (χ4v) is 3.50. The summed E-state index contributed by atoms with van der Waals surface area (Å²) in [4.78, 5) is 2.14. The molecule has 1 N–H and O–H groups in total. The standard InChI is InChI=1S/C14H25F3N2/c15-14(16,17)7-11-19-10-3-1-2-4-13(19)12-5-8-18-9-6-12/h12-13,18H,1-11H2. The smallest absolute Gasteiger partial charge is 0.317 e. The van der Waals surface area contributed by atoms with Crippen LogP contribution in [0.2, 0.25) is 0 Å². The van der Waals surface area contributed by atoms with Crippen LogP contribution in [0.15, 0.2) is 0 Å². The van der Waals surface area contributed by atoms with E-state index >= 15 is 0 Å². The molecule has 5 heteroatoms. The van der Waals surface area contributed by atoms with Crippen LogP contribution in [0.3, 0.4) is 0 Å². The lowest BCUT2D eigenvalue weighted by Gasteiger charge is -2.38. The maximum absolute atomic E-state index is 12.4. The fourth-order valence-electron chi connectivity index (χ4n) is 3.50. The van der Waals surface area contributed by atoms with E-state index in [-0.39, 0.29) is 6.54 Å². The largest absolute Gasteiger partial charge is 0.390 e. The zero-order valence-electron chi connectivity index (χ0n) is 11.5. The molecule has 0 spiro atoms. The van der Waals surface area contributed by atoms with Crippen LogP contribution in [0.4, 0.5) is 13.2 Å². The Balaban J connectivity index is 1.94. The number of hydrogen-bond donors (Lipinski definition) is 1. The zero-order valence-corrected chi connectivity index (χ0v) is 11.5. The van der Waals surface area contributed by atoms with Crippen LogP contribution < -0.4 is 5.32 Å². The van der Waals surface area contributed by atoms with Crippen LogP contribution in [-0.4, -0.2) is 43.3 Å². The number of nitrogens with zero attached hydrogens (tertiary/aromatic N) is 1. The van der Waals surface area contributed by atoms with Crippen LogP contribution in [0.1, 0.15) is 44.9 Å². The van der Waals surface area contributed by atoms with Gasteiger partial charge in [0.1, 0.15) is 0 Å². The third kappa shape index (κ3) is 4.95. The van der Waals surface area contributed by atoms with E-state index in [9.17, 15) is 13.2 Å². The summed E-state index contributed by atoms with van der Waals surface area (Å²) in [5.74, 6) is 0.590. The second-order valence-corrected chi connectivity index (χ2v) is 5.91. The molecule has 0 radical (unpaired) electrons. The molecule has 2 fully saturated rings. The van der Waals surface area contributed by atoms with Gasteiger partial charge in [0.2, 0.25) is 0 Å². The van der Waals surface area contributed by atoms with Crippen LogP contribution >= 0.6 is 0 Å². The van der Waals surface area contributed by atoms with E-state index in [1.165, 1.54) is 12.8 Å². The van der Waals surface area contributed by atoms with Gasteiger partial charge in [-0.05, 0) is 51.2 Å². The van der Waals surface area contributed by atoms with Crippen molar-refractivity contribution < 1.29 is 13.2 Å². The molecule has 2 rings (SSSR count). The molecule has 2 heterocycles. The van der Waals surface area contributed by atoms with Crippen molar-refractivity contribution in [3.63, 3.8) is 0 Å². The van der Waals surface area contributed by atoms with Gasteiger partial charge < -0.3 is 5.32 Å². The molecule has 0 amide bonds. The molecule has 0 aliphatic carbocycles. The molecule has 0 aromatic rings. The van der Waals surface area contributed by atoms with Crippen LogP contribution in [0, 0.1) is 5.92 Å². The van der Waals surface area contributed by atoms with E-state index in [0.29, 0.717) is 12.0 Å². The fraction of sp³-hybridized carbons (Fsp3) is 1.00. The highest BCUT2D eigenvalue weighted by molar-refractivity contribution is 4.85. The Hall–Kier alpha value is -0.290. The lowest BCUT2D eigenvalue weighted by molar-refractivity contribution is -0.139. The number of halogens is 3. The Morgan fingerprint density at radius 2 is 1.74 bits per heavy atom. The lowest BCUT2D eigenvalue weighted by Crippen LogP contribution is -2.45. The minimum Gasteiger partial charge on any atom is -0.317 e. The predicted molar refractivity (Wildman–Crippen MR) is 70.1 cm³/mol. The van der Waals surface area contributed by atoms with Crippen molar-refractivity contribution in [3.8, 4) is 0 Å². The summed E-state index contributed by atoms with van der Waals surface area (Å²) in [6, 6.07) is 0.381. The van der Waals surface area contributed by atoms with Gasteiger partial charge in [0.05, 0.1) is 6.42 Å². The second kappa shape index (κ2) is 6.93. The summed E-state index contributed by atoms with van der Waals surface area (Å²) in [5, 5.41) is 3.34. The van der Waals surface area contributed by atoms with Gasteiger partial charge in [0, 0.05) is 12.6 Å².